The average molecular weight is 259 g/mol. The normalized spacial score (nSPS) is 10.9. The molecule has 0 radical (unpaired) electrons. The van der Waals surface area contributed by atoms with Crippen LogP contribution in [-0.2, 0) is 13.1 Å². The van der Waals surface area contributed by atoms with Crippen molar-refractivity contribution in [2.24, 2.45) is 0 Å². The Hall–Kier alpha value is -1.12. The van der Waals surface area contributed by atoms with E-state index in [1.165, 1.54) is 32.0 Å². The van der Waals surface area contributed by atoms with Crippen LogP contribution in [0.25, 0.3) is 0 Å². The van der Waals surface area contributed by atoms with Crippen molar-refractivity contribution >= 4 is 11.3 Å². The third-order valence-corrected chi connectivity index (χ3v) is 4.36. The summed E-state index contributed by atoms with van der Waals surface area (Å²) in [6, 6.07) is 8.97. The molecule has 0 aliphatic heterocycles. The van der Waals surface area contributed by atoms with Crippen LogP contribution < -0.4 is 5.32 Å². The summed E-state index contributed by atoms with van der Waals surface area (Å²) in [6.45, 7) is 10.6. The molecular formula is C16H21NS. The van der Waals surface area contributed by atoms with Crippen LogP contribution in [0.2, 0.25) is 0 Å². The van der Waals surface area contributed by atoms with Crippen LogP contribution in [-0.4, -0.2) is 0 Å². The lowest BCUT2D eigenvalue weighted by molar-refractivity contribution is 0.697. The summed E-state index contributed by atoms with van der Waals surface area (Å²) in [5.41, 5.74) is 5.55. The van der Waals surface area contributed by atoms with Crippen molar-refractivity contribution in [2.45, 2.75) is 40.8 Å². The van der Waals surface area contributed by atoms with Crippen molar-refractivity contribution in [3.63, 3.8) is 0 Å². The number of aryl methyl sites for hydroxylation is 4. The largest absolute Gasteiger partial charge is 0.308 e. The summed E-state index contributed by atoms with van der Waals surface area (Å²) in [6.07, 6.45) is 0. The van der Waals surface area contributed by atoms with Crippen LogP contribution in [0.15, 0.2) is 24.3 Å². The van der Waals surface area contributed by atoms with Gasteiger partial charge in [0, 0.05) is 22.8 Å². The van der Waals surface area contributed by atoms with E-state index in [1.54, 1.807) is 0 Å². The third kappa shape index (κ3) is 3.21. The lowest BCUT2D eigenvalue weighted by Gasteiger charge is -2.10. The van der Waals surface area contributed by atoms with Gasteiger partial charge in [-0.2, -0.15) is 0 Å². The van der Waals surface area contributed by atoms with Crippen LogP contribution in [0.3, 0.4) is 0 Å². The Morgan fingerprint density at radius 3 is 2.28 bits per heavy atom. The molecule has 0 aliphatic rings. The second-order valence-electron chi connectivity index (χ2n) is 4.98. The van der Waals surface area contributed by atoms with Crippen molar-refractivity contribution in [3.8, 4) is 0 Å². The Morgan fingerprint density at radius 2 is 1.61 bits per heavy atom. The summed E-state index contributed by atoms with van der Waals surface area (Å²) in [5.74, 6) is 0. The van der Waals surface area contributed by atoms with Crippen LogP contribution in [0.5, 0.6) is 0 Å². The number of nitrogens with one attached hydrogen (secondary N) is 1. The minimum absolute atomic E-state index is 0.948. The first-order valence-electron chi connectivity index (χ1n) is 6.39. The van der Waals surface area contributed by atoms with E-state index in [9.17, 15) is 0 Å². The molecule has 1 aromatic carbocycles. The van der Waals surface area contributed by atoms with Gasteiger partial charge in [-0.25, -0.2) is 0 Å². The Labute approximate surface area is 114 Å². The fourth-order valence-electron chi connectivity index (χ4n) is 2.11. The Kier molecular flexibility index (Phi) is 4.20. The first kappa shape index (κ1) is 13.3. The maximum absolute atomic E-state index is 3.53. The maximum Gasteiger partial charge on any atom is 0.0303 e. The van der Waals surface area contributed by atoms with Gasteiger partial charge >= 0.3 is 0 Å². The highest BCUT2D eigenvalue weighted by Crippen LogP contribution is 2.17. The highest BCUT2D eigenvalue weighted by Gasteiger charge is 2.02. The number of benzene rings is 1. The topological polar surface area (TPSA) is 12.0 Å². The third-order valence-electron chi connectivity index (χ3n) is 3.36. The predicted molar refractivity (Wildman–Crippen MR) is 80.3 cm³/mol. The van der Waals surface area contributed by atoms with E-state index < -0.39 is 0 Å². The highest BCUT2D eigenvalue weighted by molar-refractivity contribution is 7.11. The molecule has 0 spiro atoms. The van der Waals surface area contributed by atoms with Gasteiger partial charge in [0.1, 0.15) is 0 Å². The first-order valence-corrected chi connectivity index (χ1v) is 7.20. The van der Waals surface area contributed by atoms with Crippen LogP contribution in [0.4, 0.5) is 0 Å². The second-order valence-corrected chi connectivity index (χ2v) is 6.35. The van der Waals surface area contributed by atoms with E-state index in [0.717, 1.165) is 13.1 Å². The van der Waals surface area contributed by atoms with Gasteiger partial charge < -0.3 is 5.32 Å². The Morgan fingerprint density at radius 1 is 0.889 bits per heavy atom. The standard InChI is InChI=1S/C16H21NS/c1-11-7-13(3)15(8-12(11)2)9-17-10-16-6-5-14(4)18-16/h5-8,17H,9-10H2,1-4H3. The molecule has 2 heteroatoms. The highest BCUT2D eigenvalue weighted by atomic mass is 32.1. The molecule has 1 N–H and O–H groups in total. The fourth-order valence-corrected chi connectivity index (χ4v) is 2.97. The molecule has 1 aromatic heterocycles. The van der Waals surface area contributed by atoms with E-state index in [1.807, 2.05) is 11.3 Å². The van der Waals surface area contributed by atoms with Gasteiger partial charge in [-0.3, -0.25) is 0 Å². The minimum atomic E-state index is 0.948. The summed E-state index contributed by atoms with van der Waals surface area (Å²) >= 11 is 1.87. The molecule has 0 unspecified atom stereocenters. The van der Waals surface area contributed by atoms with Crippen LogP contribution in [0, 0.1) is 27.7 Å². The lowest BCUT2D eigenvalue weighted by atomic mass is 10.0. The number of rotatable bonds is 4. The molecule has 96 valence electrons. The zero-order chi connectivity index (χ0) is 13.1. The summed E-state index contributed by atoms with van der Waals surface area (Å²) in [7, 11) is 0. The zero-order valence-electron chi connectivity index (χ0n) is 11.6. The molecule has 0 aliphatic carbocycles. The molecule has 1 nitrogen and oxygen atoms in total. The average Bonchev–Trinajstić information content (AvgIpc) is 2.71. The van der Waals surface area contributed by atoms with E-state index in [0.29, 0.717) is 0 Å². The molecule has 1 heterocycles. The van der Waals surface area contributed by atoms with Crippen molar-refractivity contribution in [2.75, 3.05) is 0 Å². The van der Waals surface area contributed by atoms with E-state index >= 15 is 0 Å². The van der Waals surface area contributed by atoms with Crippen LogP contribution >= 0.6 is 11.3 Å². The van der Waals surface area contributed by atoms with E-state index in [2.05, 4.69) is 57.3 Å². The van der Waals surface area contributed by atoms with Crippen molar-refractivity contribution < 1.29 is 0 Å². The first-order chi connectivity index (χ1) is 8.56. The molecule has 2 rings (SSSR count). The summed E-state index contributed by atoms with van der Waals surface area (Å²) in [5, 5.41) is 3.53. The Balaban J connectivity index is 1.96. The SMILES string of the molecule is Cc1ccc(CNCc2cc(C)c(C)cc2C)s1. The lowest BCUT2D eigenvalue weighted by Crippen LogP contribution is -2.13. The van der Waals surface area contributed by atoms with Crippen molar-refractivity contribution in [1.29, 1.82) is 0 Å². The van der Waals surface area contributed by atoms with E-state index in [4.69, 9.17) is 0 Å². The fraction of sp³-hybridized carbons (Fsp3) is 0.375. The molecule has 18 heavy (non-hydrogen) atoms. The van der Waals surface area contributed by atoms with E-state index in [-0.39, 0.29) is 0 Å². The smallest absolute Gasteiger partial charge is 0.0303 e. The van der Waals surface area contributed by atoms with Crippen LogP contribution in [0.1, 0.15) is 32.0 Å². The number of hydrogen-bond donors (Lipinski definition) is 1. The molecular weight excluding hydrogens is 238 g/mol. The second kappa shape index (κ2) is 5.68. The van der Waals surface area contributed by atoms with Gasteiger partial charge in [-0.1, -0.05) is 12.1 Å². The van der Waals surface area contributed by atoms with Crippen molar-refractivity contribution in [1.82, 2.24) is 5.32 Å². The number of thiophene rings is 1. The monoisotopic (exact) mass is 259 g/mol. The van der Waals surface area contributed by atoms with Crippen molar-refractivity contribution in [3.05, 3.63) is 56.3 Å². The predicted octanol–water partition coefficient (Wildman–Crippen LogP) is 4.27. The molecule has 0 fully saturated rings. The number of hydrogen-bond acceptors (Lipinski definition) is 2. The molecule has 2 aromatic rings. The summed E-state index contributed by atoms with van der Waals surface area (Å²) < 4.78 is 0. The maximum atomic E-state index is 3.53. The minimum Gasteiger partial charge on any atom is -0.308 e. The molecule has 0 amide bonds. The summed E-state index contributed by atoms with van der Waals surface area (Å²) in [4.78, 5) is 2.79. The quantitative estimate of drug-likeness (QED) is 0.864. The van der Waals surface area contributed by atoms with Gasteiger partial charge in [0.05, 0.1) is 0 Å². The van der Waals surface area contributed by atoms with Gasteiger partial charge in [0.15, 0.2) is 0 Å². The molecule has 0 saturated carbocycles. The zero-order valence-corrected chi connectivity index (χ0v) is 12.4. The molecule has 0 atom stereocenters. The van der Waals surface area contributed by atoms with Gasteiger partial charge in [0.2, 0.25) is 0 Å². The molecule has 0 bridgehead atoms. The van der Waals surface area contributed by atoms with Gasteiger partial charge in [0.25, 0.3) is 0 Å². The Bertz CT molecular complexity index is 540. The van der Waals surface area contributed by atoms with Gasteiger partial charge in [-0.15, -0.1) is 11.3 Å². The molecule has 0 saturated heterocycles. The van der Waals surface area contributed by atoms with Gasteiger partial charge in [-0.05, 0) is 62.1 Å².